The first kappa shape index (κ1) is 47.9. The van der Waals surface area contributed by atoms with Crippen LogP contribution in [0.2, 0.25) is 0 Å². The molecule has 0 saturated carbocycles. The van der Waals surface area contributed by atoms with E-state index in [4.69, 9.17) is 26.0 Å². The molecule has 17 nitrogen and oxygen atoms in total. The summed E-state index contributed by atoms with van der Waals surface area (Å²) in [5.41, 5.74) is 12.3. The zero-order valence-electron chi connectivity index (χ0n) is 35.5. The van der Waals surface area contributed by atoms with Crippen LogP contribution in [0.15, 0.2) is 94.1 Å². The van der Waals surface area contributed by atoms with Gasteiger partial charge in [-0.3, -0.25) is 24.6 Å². The monoisotopic (exact) mass is 854 g/mol. The predicted octanol–water partition coefficient (Wildman–Crippen LogP) is 3.20. The number of carbonyl (C=O) groups is 5. The summed E-state index contributed by atoms with van der Waals surface area (Å²) in [6.45, 7) is 7.15. The van der Waals surface area contributed by atoms with Crippen molar-refractivity contribution < 1.29 is 38.2 Å². The Morgan fingerprint density at radius 1 is 0.855 bits per heavy atom. The summed E-state index contributed by atoms with van der Waals surface area (Å²) in [7, 11) is 0. The third kappa shape index (κ3) is 14.8. The van der Waals surface area contributed by atoms with E-state index in [1.807, 2.05) is 26.0 Å². The van der Waals surface area contributed by atoms with Crippen LogP contribution in [0.4, 0.5) is 4.79 Å². The van der Waals surface area contributed by atoms with Crippen molar-refractivity contribution in [2.45, 2.75) is 90.6 Å². The van der Waals surface area contributed by atoms with E-state index in [9.17, 15) is 33.9 Å². The van der Waals surface area contributed by atoms with Gasteiger partial charge in [0.25, 0.3) is 5.91 Å². The van der Waals surface area contributed by atoms with Crippen LogP contribution in [0.5, 0.6) is 5.75 Å². The molecule has 0 unspecified atom stereocenters. The summed E-state index contributed by atoms with van der Waals surface area (Å²) in [6, 6.07) is 19.2. The first-order valence-electron chi connectivity index (χ1n) is 20.6. The molecule has 5 amide bonds. The van der Waals surface area contributed by atoms with Gasteiger partial charge >= 0.3 is 11.7 Å². The zero-order chi connectivity index (χ0) is 45.3. The molecule has 0 radical (unpaired) electrons. The van der Waals surface area contributed by atoms with Crippen molar-refractivity contribution in [2.75, 3.05) is 13.1 Å². The SMILES string of the molecule is CC(C)C[C@H](NC(=O)[C@@H](N)CCCNC(=N)N)C(=O)N(C(=O)OCc1ccccc1)[C@H](CNC(=O)[C@H](Cc1ccccc1)NC(=O)Cc1cc2ccc(O)cc2oc1=O)C(C)C. The number of rotatable bonds is 21. The number of phenolic OH excluding ortho intramolecular Hbond substituents is 1. The molecule has 17 heteroatoms. The lowest BCUT2D eigenvalue weighted by Gasteiger charge is -2.35. The first-order valence-corrected chi connectivity index (χ1v) is 20.6. The maximum Gasteiger partial charge on any atom is 0.417 e. The van der Waals surface area contributed by atoms with Gasteiger partial charge in [0, 0.05) is 36.5 Å². The highest BCUT2D eigenvalue weighted by Gasteiger charge is 2.39. The minimum absolute atomic E-state index is 0.0385. The number of phenols is 1. The Morgan fingerprint density at radius 2 is 1.52 bits per heavy atom. The number of hydrogen-bond donors (Lipinski definition) is 8. The quantitative estimate of drug-likeness (QED) is 0.0260. The summed E-state index contributed by atoms with van der Waals surface area (Å²) < 4.78 is 11.0. The van der Waals surface area contributed by atoms with Gasteiger partial charge in [-0.2, -0.15) is 0 Å². The van der Waals surface area contributed by atoms with E-state index in [0.29, 0.717) is 23.9 Å². The summed E-state index contributed by atoms with van der Waals surface area (Å²) >= 11 is 0. The highest BCUT2D eigenvalue weighted by molar-refractivity contribution is 5.98. The van der Waals surface area contributed by atoms with Crippen LogP contribution >= 0.6 is 0 Å². The van der Waals surface area contributed by atoms with Crippen molar-refractivity contribution in [3.63, 3.8) is 0 Å². The van der Waals surface area contributed by atoms with E-state index < -0.39 is 71.9 Å². The average molecular weight is 855 g/mol. The van der Waals surface area contributed by atoms with Crippen LogP contribution in [-0.4, -0.2) is 82.9 Å². The van der Waals surface area contributed by atoms with Crippen LogP contribution < -0.4 is 38.4 Å². The fraction of sp³-hybridized carbons (Fsp3) is 0.400. The third-order valence-corrected chi connectivity index (χ3v) is 9.97. The number of fused-ring (bicyclic) bond motifs is 1. The van der Waals surface area contributed by atoms with E-state index in [2.05, 4.69) is 21.3 Å². The summed E-state index contributed by atoms with van der Waals surface area (Å²) in [5.74, 6) is -3.52. The fourth-order valence-corrected chi connectivity index (χ4v) is 6.69. The smallest absolute Gasteiger partial charge is 0.417 e. The van der Waals surface area contributed by atoms with Gasteiger partial charge in [-0.1, -0.05) is 88.4 Å². The van der Waals surface area contributed by atoms with Crippen molar-refractivity contribution in [1.82, 2.24) is 26.2 Å². The Bertz CT molecular complexity index is 2220. The summed E-state index contributed by atoms with van der Waals surface area (Å²) in [5, 5.41) is 28.6. The second kappa shape index (κ2) is 23.3. The largest absolute Gasteiger partial charge is 0.508 e. The third-order valence-electron chi connectivity index (χ3n) is 9.97. The molecule has 0 aliphatic carbocycles. The average Bonchev–Trinajstić information content (AvgIpc) is 3.22. The topological polar surface area (TPSA) is 272 Å². The van der Waals surface area contributed by atoms with Crippen LogP contribution in [0.3, 0.4) is 0 Å². The number of nitrogens with zero attached hydrogens (tertiary/aromatic N) is 1. The van der Waals surface area contributed by atoms with Gasteiger partial charge in [-0.05, 0) is 60.4 Å². The Kier molecular flexibility index (Phi) is 18.0. The zero-order valence-corrected chi connectivity index (χ0v) is 35.5. The molecule has 0 saturated heterocycles. The van der Waals surface area contributed by atoms with E-state index in [0.717, 1.165) is 10.5 Å². The Labute approximate surface area is 360 Å². The van der Waals surface area contributed by atoms with E-state index in [1.165, 1.54) is 18.2 Å². The lowest BCUT2D eigenvalue weighted by molar-refractivity contribution is -0.138. The molecule has 0 fully saturated rings. The molecule has 332 valence electrons. The van der Waals surface area contributed by atoms with Gasteiger partial charge in [-0.15, -0.1) is 0 Å². The number of nitrogens with two attached hydrogens (primary N) is 2. The molecule has 0 spiro atoms. The molecular formula is C45H58N8O9. The van der Waals surface area contributed by atoms with Gasteiger partial charge in [0.1, 0.15) is 30.0 Å². The fourth-order valence-electron chi connectivity index (χ4n) is 6.69. The number of amides is 5. The minimum Gasteiger partial charge on any atom is -0.508 e. The molecule has 1 aromatic heterocycles. The van der Waals surface area contributed by atoms with Crippen LogP contribution in [0.25, 0.3) is 11.0 Å². The Morgan fingerprint density at radius 3 is 2.15 bits per heavy atom. The molecule has 0 bridgehead atoms. The van der Waals surface area contributed by atoms with E-state index in [-0.39, 0.29) is 61.2 Å². The van der Waals surface area contributed by atoms with Gasteiger partial charge in [0.2, 0.25) is 17.7 Å². The lowest BCUT2D eigenvalue weighted by Crippen LogP contribution is -2.60. The number of imide groups is 1. The summed E-state index contributed by atoms with van der Waals surface area (Å²) in [4.78, 5) is 83.4. The first-order chi connectivity index (χ1) is 29.5. The Hall–Kier alpha value is -6.75. The number of guanidine groups is 1. The van der Waals surface area contributed by atoms with Gasteiger partial charge < -0.3 is 47.0 Å². The van der Waals surface area contributed by atoms with Crippen molar-refractivity contribution in [2.24, 2.45) is 23.3 Å². The molecular weight excluding hydrogens is 797 g/mol. The highest BCUT2D eigenvalue weighted by Crippen LogP contribution is 2.21. The molecule has 0 aliphatic heterocycles. The molecule has 4 atom stereocenters. The second-order valence-electron chi connectivity index (χ2n) is 15.9. The number of nitrogens with one attached hydrogen (secondary N) is 5. The molecule has 0 aliphatic rings. The van der Waals surface area contributed by atoms with Crippen LogP contribution in [0.1, 0.15) is 63.6 Å². The number of ether oxygens (including phenoxy) is 1. The molecule has 10 N–H and O–H groups in total. The van der Waals surface area contributed by atoms with Gasteiger partial charge in [-0.25, -0.2) is 14.5 Å². The maximum atomic E-state index is 14.6. The van der Waals surface area contributed by atoms with E-state index >= 15 is 0 Å². The highest BCUT2D eigenvalue weighted by atomic mass is 16.6. The van der Waals surface area contributed by atoms with Gasteiger partial charge in [0.05, 0.1) is 18.5 Å². The molecule has 62 heavy (non-hydrogen) atoms. The number of carbonyl (C=O) groups excluding carboxylic acids is 5. The van der Waals surface area contributed by atoms with Crippen molar-refractivity contribution >= 4 is 46.7 Å². The van der Waals surface area contributed by atoms with Gasteiger partial charge in [0.15, 0.2) is 5.96 Å². The maximum absolute atomic E-state index is 14.6. The van der Waals surface area contributed by atoms with Crippen LogP contribution in [-0.2, 0) is 43.4 Å². The number of aromatic hydroxyl groups is 1. The lowest BCUT2D eigenvalue weighted by atomic mass is 9.97. The molecule has 4 rings (SSSR count). The summed E-state index contributed by atoms with van der Waals surface area (Å²) in [6.07, 6.45) is -0.560. The van der Waals surface area contributed by atoms with E-state index in [1.54, 1.807) is 68.4 Å². The minimum atomic E-state index is -1.20. The second-order valence-corrected chi connectivity index (χ2v) is 15.9. The van der Waals surface area contributed by atoms with Crippen molar-refractivity contribution in [3.05, 3.63) is 112 Å². The predicted molar refractivity (Wildman–Crippen MR) is 234 cm³/mol. The normalized spacial score (nSPS) is 13.1. The number of hydrogen-bond acceptors (Lipinski definition) is 11. The molecule has 4 aromatic rings. The van der Waals surface area contributed by atoms with Crippen molar-refractivity contribution in [3.8, 4) is 5.75 Å². The Balaban J connectivity index is 1.59. The number of benzene rings is 3. The van der Waals surface area contributed by atoms with Crippen LogP contribution in [0, 0.1) is 17.2 Å². The van der Waals surface area contributed by atoms with Crippen molar-refractivity contribution in [1.29, 1.82) is 5.41 Å². The molecule has 3 aromatic carbocycles. The molecule has 1 heterocycles. The standard InChI is InChI=1S/C45H58N8O9/c1-27(2)20-36(52-40(56)34(46)16-11-19-49-44(47)48)42(58)53(45(60)61-26-30-14-9-6-10-15-30)37(28(3)4)25-50-41(57)35(21-29-12-7-5-8-13-29)51-39(55)23-32-22-31-17-18-33(54)24-38(31)62-43(32)59/h5-10,12-15,17-18,22,24,27-28,34-37,54H,11,16,19-21,23,25-26,46H2,1-4H3,(H,50,57)(H,51,55)(H,52,56)(H4,47,48,49)/t34-,35-,36-,37+/m0/s1.